The summed E-state index contributed by atoms with van der Waals surface area (Å²) in [6.07, 6.45) is -6.93. The number of carbonyl (C=O) groups excluding carboxylic acids is 1. The van der Waals surface area contributed by atoms with E-state index in [0.29, 0.717) is 18.9 Å². The van der Waals surface area contributed by atoms with Gasteiger partial charge in [-0.1, -0.05) is 0 Å². The lowest BCUT2D eigenvalue weighted by Gasteiger charge is -2.31. The number of unbranched alkanes of at least 4 members (excludes halogenated alkanes) is 1. The third-order valence-electron chi connectivity index (χ3n) is 6.24. The minimum atomic E-state index is -4.81. The molecule has 1 fully saturated rings. The molecular formula is C22H27F6N3O2. The molecule has 1 unspecified atom stereocenters. The molecule has 0 aromatic carbocycles. The second kappa shape index (κ2) is 8.56. The van der Waals surface area contributed by atoms with Crippen molar-refractivity contribution in [2.75, 3.05) is 0 Å². The largest absolute Gasteiger partial charge is 0.433 e. The summed E-state index contributed by atoms with van der Waals surface area (Å²) in [6.45, 7) is 3.36. The zero-order chi connectivity index (χ0) is 24.8. The van der Waals surface area contributed by atoms with Gasteiger partial charge in [-0.3, -0.25) is 9.36 Å². The number of rotatable bonds is 9. The van der Waals surface area contributed by atoms with Gasteiger partial charge in [-0.25, -0.2) is 9.97 Å². The van der Waals surface area contributed by atoms with E-state index in [9.17, 15) is 36.2 Å². The molecule has 184 valence electrons. The molecule has 1 aliphatic carbocycles. The Balaban J connectivity index is 1.80. The zero-order valence-corrected chi connectivity index (χ0v) is 18.6. The van der Waals surface area contributed by atoms with Gasteiger partial charge in [0.15, 0.2) is 5.65 Å². The van der Waals surface area contributed by atoms with Gasteiger partial charge in [0.05, 0.1) is 5.60 Å². The summed E-state index contributed by atoms with van der Waals surface area (Å²) in [7, 11) is 0. The summed E-state index contributed by atoms with van der Waals surface area (Å²) >= 11 is 0. The van der Waals surface area contributed by atoms with Crippen molar-refractivity contribution in [2.24, 2.45) is 5.92 Å². The summed E-state index contributed by atoms with van der Waals surface area (Å²) < 4.78 is 81.4. The minimum absolute atomic E-state index is 0.0292. The molecule has 2 heterocycles. The molecule has 0 bridgehead atoms. The van der Waals surface area contributed by atoms with Gasteiger partial charge in [-0.2, -0.15) is 26.3 Å². The van der Waals surface area contributed by atoms with Crippen molar-refractivity contribution in [1.29, 1.82) is 0 Å². The quantitative estimate of drug-likeness (QED) is 0.377. The molecule has 0 aliphatic heterocycles. The van der Waals surface area contributed by atoms with Gasteiger partial charge in [-0.05, 0) is 64.5 Å². The molecule has 33 heavy (non-hydrogen) atoms. The van der Waals surface area contributed by atoms with Gasteiger partial charge in [0.1, 0.15) is 28.4 Å². The first-order valence-corrected chi connectivity index (χ1v) is 10.8. The smallest absolute Gasteiger partial charge is 0.389 e. The first-order valence-electron chi connectivity index (χ1n) is 10.8. The number of imidazole rings is 1. The fraction of sp³-hybridized carbons (Fsp3) is 0.682. The number of ketones is 1. The van der Waals surface area contributed by atoms with Crippen molar-refractivity contribution >= 4 is 16.9 Å². The molecule has 2 aromatic heterocycles. The lowest BCUT2D eigenvalue weighted by atomic mass is 9.92. The highest BCUT2D eigenvalue weighted by atomic mass is 19.4. The van der Waals surface area contributed by atoms with E-state index in [2.05, 4.69) is 9.97 Å². The second-order valence-corrected chi connectivity index (χ2v) is 9.51. The molecular weight excluding hydrogens is 452 g/mol. The van der Waals surface area contributed by atoms with Gasteiger partial charge < -0.3 is 5.11 Å². The van der Waals surface area contributed by atoms with E-state index in [-0.39, 0.29) is 42.3 Å². The Morgan fingerprint density at radius 1 is 1.06 bits per heavy atom. The van der Waals surface area contributed by atoms with Crippen LogP contribution in [0.5, 0.6) is 0 Å². The van der Waals surface area contributed by atoms with Gasteiger partial charge in [0.2, 0.25) is 0 Å². The number of halogens is 6. The van der Waals surface area contributed by atoms with E-state index in [4.69, 9.17) is 0 Å². The third-order valence-corrected chi connectivity index (χ3v) is 6.24. The molecule has 1 aliphatic rings. The van der Waals surface area contributed by atoms with E-state index in [1.807, 2.05) is 0 Å². The number of Topliss-reactive ketones (excluding diaryl/α,β-unsaturated/α-hetero) is 1. The molecule has 1 N–H and O–H groups in total. The van der Waals surface area contributed by atoms with Gasteiger partial charge in [0, 0.05) is 19.3 Å². The van der Waals surface area contributed by atoms with E-state index < -0.39 is 34.8 Å². The molecule has 0 amide bonds. The molecule has 0 radical (unpaired) electrons. The van der Waals surface area contributed by atoms with Crippen LogP contribution in [0, 0.1) is 5.92 Å². The van der Waals surface area contributed by atoms with Gasteiger partial charge in [-0.15, -0.1) is 0 Å². The highest BCUT2D eigenvalue weighted by molar-refractivity contribution is 5.79. The van der Waals surface area contributed by atoms with Crippen LogP contribution in [-0.4, -0.2) is 37.2 Å². The predicted octanol–water partition coefficient (Wildman–Crippen LogP) is 5.58. The molecule has 1 saturated carbocycles. The first kappa shape index (κ1) is 25.5. The first-order chi connectivity index (χ1) is 15.0. The van der Waals surface area contributed by atoms with Crippen molar-refractivity contribution in [1.82, 2.24) is 14.5 Å². The topological polar surface area (TPSA) is 68.0 Å². The summed E-state index contributed by atoms with van der Waals surface area (Å²) in [5.74, 6) is -0.0517. The molecule has 3 rings (SSSR count). The fourth-order valence-corrected chi connectivity index (χ4v) is 3.99. The average molecular weight is 479 g/mol. The third kappa shape index (κ3) is 5.50. The maximum absolute atomic E-state index is 13.8. The number of aryl methyl sites for hydroxylation is 1. The van der Waals surface area contributed by atoms with Gasteiger partial charge in [0.25, 0.3) is 0 Å². The number of fused-ring (bicyclic) bond motifs is 1. The Hall–Kier alpha value is -2.17. The predicted molar refractivity (Wildman–Crippen MR) is 108 cm³/mol. The van der Waals surface area contributed by atoms with Crippen LogP contribution in [0.3, 0.4) is 0 Å². The average Bonchev–Trinajstić information content (AvgIpc) is 3.44. The standard InChI is InChI=1S/C22H27F6N3O2/c1-19(2,22(26,27)28)31-17(29-15-10-11-16(21(23,24)25)30-18(15)31)7-5-4-6-14(32)12-20(3,33)13-8-9-13/h10-11,13,33H,4-9,12H2,1-3H3. The Bertz CT molecular complexity index is 1020. The van der Waals surface area contributed by atoms with Gasteiger partial charge >= 0.3 is 12.4 Å². The summed E-state index contributed by atoms with van der Waals surface area (Å²) in [5, 5.41) is 10.3. The Kier molecular flexibility index (Phi) is 6.60. The number of aliphatic hydroxyl groups is 1. The Morgan fingerprint density at radius 2 is 1.70 bits per heavy atom. The monoisotopic (exact) mass is 479 g/mol. The number of hydrogen-bond acceptors (Lipinski definition) is 4. The normalized spacial score (nSPS) is 17.4. The molecule has 5 nitrogen and oxygen atoms in total. The maximum Gasteiger partial charge on any atom is 0.433 e. The highest BCUT2D eigenvalue weighted by Crippen LogP contribution is 2.42. The maximum atomic E-state index is 13.8. The number of hydrogen-bond donors (Lipinski definition) is 1. The number of aromatic nitrogens is 3. The van der Waals surface area contributed by atoms with Crippen LogP contribution >= 0.6 is 0 Å². The van der Waals surface area contributed by atoms with E-state index in [1.165, 1.54) is 0 Å². The van der Waals surface area contributed by atoms with Crippen LogP contribution in [0.15, 0.2) is 12.1 Å². The van der Waals surface area contributed by atoms with Crippen LogP contribution in [-0.2, 0) is 22.9 Å². The van der Waals surface area contributed by atoms with Crippen molar-refractivity contribution in [2.45, 2.75) is 89.2 Å². The number of nitrogens with zero attached hydrogens (tertiary/aromatic N) is 3. The second-order valence-electron chi connectivity index (χ2n) is 9.51. The van der Waals surface area contributed by atoms with E-state index in [1.54, 1.807) is 6.92 Å². The zero-order valence-electron chi connectivity index (χ0n) is 18.6. The van der Waals surface area contributed by atoms with Crippen LogP contribution < -0.4 is 0 Å². The lowest BCUT2D eigenvalue weighted by Crippen LogP contribution is -2.43. The number of carbonyl (C=O) groups is 1. The van der Waals surface area contributed by atoms with Crippen molar-refractivity contribution in [3.8, 4) is 0 Å². The van der Waals surface area contributed by atoms with E-state index >= 15 is 0 Å². The minimum Gasteiger partial charge on any atom is -0.389 e. The Morgan fingerprint density at radius 3 is 2.24 bits per heavy atom. The molecule has 1 atom stereocenters. The molecule has 2 aromatic rings. The SMILES string of the molecule is CC(O)(CC(=O)CCCCc1nc2ccc(C(F)(F)F)nc2n1C(C)(C)C(F)(F)F)C1CC1. The van der Waals surface area contributed by atoms with Crippen LogP contribution in [0.2, 0.25) is 0 Å². The van der Waals surface area contributed by atoms with Crippen LogP contribution in [0.25, 0.3) is 11.2 Å². The summed E-state index contributed by atoms with van der Waals surface area (Å²) in [6, 6.07) is 1.70. The molecule has 11 heteroatoms. The summed E-state index contributed by atoms with van der Waals surface area (Å²) in [5.41, 5.74) is -5.43. The molecule has 0 spiro atoms. The summed E-state index contributed by atoms with van der Waals surface area (Å²) in [4.78, 5) is 19.8. The van der Waals surface area contributed by atoms with E-state index in [0.717, 1.165) is 37.3 Å². The van der Waals surface area contributed by atoms with Crippen molar-refractivity contribution < 1.29 is 36.2 Å². The van der Waals surface area contributed by atoms with Crippen molar-refractivity contribution in [3.63, 3.8) is 0 Å². The lowest BCUT2D eigenvalue weighted by molar-refractivity contribution is -0.202. The number of alkyl halides is 6. The van der Waals surface area contributed by atoms with Crippen LogP contribution in [0.4, 0.5) is 26.3 Å². The van der Waals surface area contributed by atoms with Crippen LogP contribution in [0.1, 0.15) is 70.8 Å². The molecule has 0 saturated heterocycles. The van der Waals surface area contributed by atoms with Crippen molar-refractivity contribution in [3.05, 3.63) is 23.7 Å². The highest BCUT2D eigenvalue weighted by Gasteiger charge is 2.51. The fourth-order valence-electron chi connectivity index (χ4n) is 3.99. The Labute approximate surface area is 187 Å². The number of pyridine rings is 1.